The molecule has 0 saturated carbocycles. The zero-order valence-corrected chi connectivity index (χ0v) is 9.75. The highest BCUT2D eigenvalue weighted by molar-refractivity contribution is 7.14. The van der Waals surface area contributed by atoms with Gasteiger partial charge in [0.05, 0.1) is 5.56 Å². The van der Waals surface area contributed by atoms with Gasteiger partial charge in [-0.2, -0.15) is 0 Å². The van der Waals surface area contributed by atoms with Crippen LogP contribution in [0.4, 0.5) is 5.69 Å². The molecule has 4 nitrogen and oxygen atoms in total. The van der Waals surface area contributed by atoms with Gasteiger partial charge in [-0.1, -0.05) is 24.2 Å². The van der Waals surface area contributed by atoms with Crippen molar-refractivity contribution in [2.75, 3.05) is 0 Å². The van der Waals surface area contributed by atoms with Crippen LogP contribution in [0.1, 0.15) is 18.4 Å². The van der Waals surface area contributed by atoms with Crippen molar-refractivity contribution in [2.24, 2.45) is 5.18 Å². The van der Waals surface area contributed by atoms with Gasteiger partial charge in [0.1, 0.15) is 5.69 Å². The van der Waals surface area contributed by atoms with E-state index in [-0.39, 0.29) is 0 Å². The zero-order chi connectivity index (χ0) is 11.4. The van der Waals surface area contributed by atoms with Crippen LogP contribution in [0.15, 0.2) is 29.4 Å². The Morgan fingerprint density at radius 2 is 2.25 bits per heavy atom. The fourth-order valence-corrected chi connectivity index (χ4v) is 2.46. The molecule has 0 amide bonds. The highest BCUT2D eigenvalue weighted by Crippen LogP contribution is 2.30. The SMILES string of the molecule is CCCc1n[nH+]c(-c2ccccc2N=O)s1. The number of aromatic amines is 1. The van der Waals surface area contributed by atoms with Gasteiger partial charge >= 0.3 is 0 Å². The van der Waals surface area contributed by atoms with Gasteiger partial charge < -0.3 is 0 Å². The van der Waals surface area contributed by atoms with Gasteiger partial charge in [-0.25, -0.2) is 0 Å². The first-order valence-corrected chi connectivity index (χ1v) is 5.97. The summed E-state index contributed by atoms with van der Waals surface area (Å²) in [6.45, 7) is 2.11. The van der Waals surface area contributed by atoms with Gasteiger partial charge in [0, 0.05) is 11.5 Å². The molecule has 1 heterocycles. The van der Waals surface area contributed by atoms with E-state index in [9.17, 15) is 4.91 Å². The van der Waals surface area contributed by atoms with Crippen LogP contribution in [0.5, 0.6) is 0 Å². The van der Waals surface area contributed by atoms with Crippen molar-refractivity contribution in [3.63, 3.8) is 0 Å². The second-order valence-electron chi connectivity index (χ2n) is 3.41. The quantitative estimate of drug-likeness (QED) is 0.763. The standard InChI is InChI=1S/C11H11N3OS/c1-2-5-10-12-13-11(16-10)8-6-3-4-7-9(8)14-15/h3-4,6-7H,2,5H2,1H3/p+1. The second kappa shape index (κ2) is 4.94. The van der Waals surface area contributed by atoms with Crippen molar-refractivity contribution in [1.82, 2.24) is 5.10 Å². The van der Waals surface area contributed by atoms with Gasteiger partial charge in [0.25, 0.3) is 5.01 Å². The van der Waals surface area contributed by atoms with Gasteiger partial charge in [-0.3, -0.25) is 0 Å². The van der Waals surface area contributed by atoms with E-state index in [4.69, 9.17) is 0 Å². The Bertz CT molecular complexity index is 495. The third-order valence-corrected chi connectivity index (χ3v) is 3.26. The molecule has 1 aromatic carbocycles. The molecule has 0 aliphatic heterocycles. The van der Waals surface area contributed by atoms with Crippen LogP contribution in [-0.4, -0.2) is 5.10 Å². The number of nitrogens with zero attached hydrogens (tertiary/aromatic N) is 2. The van der Waals surface area contributed by atoms with Crippen LogP contribution in [0.3, 0.4) is 0 Å². The average molecular weight is 234 g/mol. The Morgan fingerprint density at radius 3 is 3.00 bits per heavy atom. The maximum absolute atomic E-state index is 10.7. The first-order valence-electron chi connectivity index (χ1n) is 5.15. The molecule has 0 saturated heterocycles. The van der Waals surface area contributed by atoms with E-state index in [1.807, 2.05) is 12.1 Å². The van der Waals surface area contributed by atoms with Crippen LogP contribution in [0, 0.1) is 4.91 Å². The summed E-state index contributed by atoms with van der Waals surface area (Å²) in [4.78, 5) is 10.7. The third-order valence-electron chi connectivity index (χ3n) is 2.21. The normalized spacial score (nSPS) is 10.3. The lowest BCUT2D eigenvalue weighted by atomic mass is 10.2. The fraction of sp³-hybridized carbons (Fsp3) is 0.273. The summed E-state index contributed by atoms with van der Waals surface area (Å²) >= 11 is 1.57. The molecule has 5 heteroatoms. The summed E-state index contributed by atoms with van der Waals surface area (Å²) in [6.07, 6.45) is 2.02. The number of hydrogen-bond acceptors (Lipinski definition) is 4. The Morgan fingerprint density at radius 1 is 1.44 bits per heavy atom. The van der Waals surface area contributed by atoms with Crippen molar-refractivity contribution in [2.45, 2.75) is 19.8 Å². The van der Waals surface area contributed by atoms with E-state index in [0.29, 0.717) is 5.69 Å². The lowest BCUT2D eigenvalue weighted by Gasteiger charge is -1.92. The number of aryl methyl sites for hydroxylation is 1. The topological polar surface area (TPSA) is 56.5 Å². The Balaban J connectivity index is 2.38. The molecule has 2 rings (SSSR count). The summed E-state index contributed by atoms with van der Waals surface area (Å²) in [5.41, 5.74) is 1.27. The summed E-state index contributed by atoms with van der Waals surface area (Å²) in [5.74, 6) is 0. The van der Waals surface area contributed by atoms with Crippen LogP contribution >= 0.6 is 11.3 Å². The first kappa shape index (κ1) is 10.9. The molecule has 16 heavy (non-hydrogen) atoms. The lowest BCUT2D eigenvalue weighted by Crippen LogP contribution is -2.05. The fourth-order valence-electron chi connectivity index (χ4n) is 1.46. The number of nitroso groups, excluding NO2 is 1. The largest absolute Gasteiger partial charge is 0.296 e. The van der Waals surface area contributed by atoms with Crippen LogP contribution in [0.2, 0.25) is 0 Å². The molecule has 82 valence electrons. The van der Waals surface area contributed by atoms with Gasteiger partial charge in [-0.15, -0.1) is 4.91 Å². The molecular weight excluding hydrogens is 222 g/mol. The van der Waals surface area contributed by atoms with E-state index in [0.717, 1.165) is 28.4 Å². The molecule has 0 spiro atoms. The minimum absolute atomic E-state index is 0.449. The second-order valence-corrected chi connectivity index (χ2v) is 4.49. The van der Waals surface area contributed by atoms with Crippen LogP contribution < -0.4 is 5.10 Å². The summed E-state index contributed by atoms with van der Waals surface area (Å²) in [6, 6.07) is 7.26. The van der Waals surface area contributed by atoms with Gasteiger partial charge in [0.15, 0.2) is 5.01 Å². The summed E-state index contributed by atoms with van der Waals surface area (Å²) in [5, 5.41) is 12.1. The predicted octanol–water partition coefficient (Wildman–Crippen LogP) is 2.97. The van der Waals surface area contributed by atoms with Crippen molar-refractivity contribution in [3.05, 3.63) is 34.2 Å². The number of nitrogens with one attached hydrogen (secondary N) is 1. The third kappa shape index (κ3) is 2.14. The molecule has 0 fully saturated rings. The van der Waals surface area contributed by atoms with Crippen LogP contribution in [0.25, 0.3) is 10.6 Å². The zero-order valence-electron chi connectivity index (χ0n) is 8.93. The molecule has 0 atom stereocenters. The van der Waals surface area contributed by atoms with E-state index < -0.39 is 0 Å². The molecule has 0 aliphatic carbocycles. The molecular formula is C11H12N3OS+. The number of H-pyrrole nitrogens is 1. The minimum atomic E-state index is 0.449. The van der Waals surface area contributed by atoms with Gasteiger partial charge in [0.2, 0.25) is 0 Å². The molecule has 1 N–H and O–H groups in total. The van der Waals surface area contributed by atoms with E-state index in [1.54, 1.807) is 23.5 Å². The summed E-state index contributed by atoms with van der Waals surface area (Å²) < 4.78 is 0. The maximum Gasteiger partial charge on any atom is 0.296 e. The Hall–Kier alpha value is -1.62. The molecule has 0 aliphatic rings. The van der Waals surface area contributed by atoms with E-state index >= 15 is 0 Å². The van der Waals surface area contributed by atoms with E-state index in [2.05, 4.69) is 22.3 Å². The van der Waals surface area contributed by atoms with Crippen molar-refractivity contribution in [1.29, 1.82) is 0 Å². The average Bonchev–Trinajstić information content (AvgIpc) is 2.78. The molecule has 0 bridgehead atoms. The monoisotopic (exact) mass is 234 g/mol. The smallest absolute Gasteiger partial charge is 0.145 e. The Kier molecular flexibility index (Phi) is 3.36. The molecule has 2 aromatic rings. The van der Waals surface area contributed by atoms with Crippen molar-refractivity contribution >= 4 is 17.0 Å². The van der Waals surface area contributed by atoms with E-state index in [1.165, 1.54) is 0 Å². The summed E-state index contributed by atoms with van der Waals surface area (Å²) in [7, 11) is 0. The maximum atomic E-state index is 10.7. The van der Waals surface area contributed by atoms with Crippen molar-refractivity contribution in [3.8, 4) is 10.6 Å². The van der Waals surface area contributed by atoms with Crippen LogP contribution in [-0.2, 0) is 6.42 Å². The number of benzene rings is 1. The van der Waals surface area contributed by atoms with Gasteiger partial charge in [-0.05, 0) is 35.1 Å². The lowest BCUT2D eigenvalue weighted by molar-refractivity contribution is -0.436. The molecule has 0 unspecified atom stereocenters. The number of hydrogen-bond donors (Lipinski definition) is 0. The highest BCUT2D eigenvalue weighted by Gasteiger charge is 2.16. The molecule has 1 aromatic heterocycles. The molecule has 0 radical (unpaired) electrons. The number of rotatable bonds is 4. The Labute approximate surface area is 97.3 Å². The predicted molar refractivity (Wildman–Crippen MR) is 63.6 cm³/mol. The van der Waals surface area contributed by atoms with Crippen molar-refractivity contribution < 1.29 is 5.10 Å². The highest BCUT2D eigenvalue weighted by atomic mass is 32.1. The number of aromatic nitrogens is 2. The minimum Gasteiger partial charge on any atom is -0.145 e. The first-order chi connectivity index (χ1) is 7.85.